The number of nitrogens with zero attached hydrogens (tertiary/aromatic N) is 4. The summed E-state index contributed by atoms with van der Waals surface area (Å²) in [6, 6.07) is 5.99. The molecular weight excluding hydrogens is 578 g/mol. The van der Waals surface area contributed by atoms with Crippen molar-refractivity contribution in [3.05, 3.63) is 40.7 Å². The first-order chi connectivity index (χ1) is 21.4. The molecule has 0 radical (unpaired) electrons. The molecule has 2 saturated heterocycles. The lowest BCUT2D eigenvalue weighted by Gasteiger charge is -2.33. The van der Waals surface area contributed by atoms with Gasteiger partial charge in [0.25, 0.3) is 0 Å². The summed E-state index contributed by atoms with van der Waals surface area (Å²) < 4.78 is 6.28. The number of halogens is 1. The Morgan fingerprint density at radius 2 is 1.84 bits per heavy atom. The predicted octanol–water partition coefficient (Wildman–Crippen LogP) is 5.23. The van der Waals surface area contributed by atoms with Gasteiger partial charge in [-0.25, -0.2) is 9.97 Å². The Bertz CT molecular complexity index is 1370. The number of piperidine rings is 2. The minimum absolute atomic E-state index is 0.0239. The molecule has 3 fully saturated rings. The molecule has 1 aliphatic carbocycles. The third-order valence-electron chi connectivity index (χ3n) is 9.55. The van der Waals surface area contributed by atoms with Gasteiger partial charge in [0.15, 0.2) is 0 Å². The van der Waals surface area contributed by atoms with E-state index in [1.807, 2.05) is 29.2 Å². The molecule has 1 unspecified atom stereocenters. The largest absolute Gasteiger partial charge is 0.489 e. The third kappa shape index (κ3) is 7.29. The first-order valence-electron chi connectivity index (χ1n) is 16.2. The smallest absolute Gasteiger partial charge is 0.247 e. The summed E-state index contributed by atoms with van der Waals surface area (Å²) in [5.74, 6) is 2.39. The van der Waals surface area contributed by atoms with Crippen molar-refractivity contribution in [1.29, 1.82) is 0 Å². The van der Waals surface area contributed by atoms with Crippen LogP contribution < -0.4 is 20.7 Å². The first kappa shape index (κ1) is 30.6. The average Bonchev–Trinajstić information content (AvgIpc) is 3.48. The Morgan fingerprint density at radius 3 is 2.61 bits per heavy atom. The van der Waals surface area contributed by atoms with Crippen LogP contribution in [0, 0.1) is 5.92 Å². The van der Waals surface area contributed by atoms with Gasteiger partial charge in [0.2, 0.25) is 11.8 Å². The van der Waals surface area contributed by atoms with Crippen LogP contribution in [0.5, 0.6) is 5.75 Å². The highest BCUT2D eigenvalue weighted by Crippen LogP contribution is 2.34. The maximum atomic E-state index is 13.2. The fourth-order valence-electron chi connectivity index (χ4n) is 6.86. The number of fused-ring (bicyclic) bond motifs is 1. The Kier molecular flexibility index (Phi) is 9.86. The number of hydrogen-bond acceptors (Lipinski definition) is 8. The van der Waals surface area contributed by atoms with Crippen LogP contribution in [-0.4, -0.2) is 83.5 Å². The lowest BCUT2D eigenvalue weighted by Crippen LogP contribution is -2.44. The molecule has 236 valence electrons. The van der Waals surface area contributed by atoms with Gasteiger partial charge in [-0.2, -0.15) is 0 Å². The maximum absolute atomic E-state index is 13.2. The summed E-state index contributed by atoms with van der Waals surface area (Å²) in [6.45, 7) is 3.79. The van der Waals surface area contributed by atoms with Crippen molar-refractivity contribution in [1.82, 2.24) is 25.1 Å². The summed E-state index contributed by atoms with van der Waals surface area (Å²) >= 11 is 6.68. The standard InChI is InChI=1S/C33H44ClN7O3/c1-40-15-5-4-8-25(40)20-36-32(42)23-11-14-35-30-27(18-23)31(38-21-37-30)39-24-9-10-29(28(34)19-24)44-26-12-16-41(17-13-26)33(43)22-6-2-3-7-22/h9-10,18-19,21-22,25-26H,2-8,11-17,20H2,1H3,(H,36,42)(H2,35,37,38,39). The number of likely N-dealkylation sites (tertiary alicyclic amines) is 2. The van der Waals surface area contributed by atoms with Crippen LogP contribution in [0.3, 0.4) is 0 Å². The van der Waals surface area contributed by atoms with Crippen LogP contribution in [0.25, 0.3) is 6.08 Å². The molecule has 1 aromatic heterocycles. The van der Waals surface area contributed by atoms with Crippen LogP contribution in [0.1, 0.15) is 69.8 Å². The molecule has 1 aromatic carbocycles. The molecule has 2 aromatic rings. The zero-order chi connectivity index (χ0) is 30.5. The van der Waals surface area contributed by atoms with Crippen LogP contribution in [-0.2, 0) is 9.59 Å². The number of aromatic nitrogens is 2. The van der Waals surface area contributed by atoms with Gasteiger partial charge in [-0.3, -0.25) is 9.59 Å². The summed E-state index contributed by atoms with van der Waals surface area (Å²) in [4.78, 5) is 39.3. The highest BCUT2D eigenvalue weighted by molar-refractivity contribution is 6.32. The van der Waals surface area contributed by atoms with Crippen molar-refractivity contribution < 1.29 is 14.3 Å². The van der Waals surface area contributed by atoms with Crippen molar-refractivity contribution in [2.24, 2.45) is 5.92 Å². The highest BCUT2D eigenvalue weighted by atomic mass is 35.5. The average molecular weight is 622 g/mol. The first-order valence-corrected chi connectivity index (χ1v) is 16.6. The van der Waals surface area contributed by atoms with E-state index in [0.29, 0.717) is 59.4 Å². The second kappa shape index (κ2) is 14.2. The van der Waals surface area contributed by atoms with Crippen molar-refractivity contribution in [3.63, 3.8) is 0 Å². The molecule has 1 saturated carbocycles. The van der Waals surface area contributed by atoms with Gasteiger partial charge in [-0.05, 0) is 70.0 Å². The lowest BCUT2D eigenvalue weighted by molar-refractivity contribution is -0.137. The lowest BCUT2D eigenvalue weighted by atomic mass is 10.0. The van der Waals surface area contributed by atoms with Gasteiger partial charge < -0.3 is 30.5 Å². The van der Waals surface area contributed by atoms with Gasteiger partial charge >= 0.3 is 0 Å². The number of amides is 2. The summed E-state index contributed by atoms with van der Waals surface area (Å²) in [7, 11) is 2.13. The van der Waals surface area contributed by atoms with Gasteiger partial charge in [-0.1, -0.05) is 30.9 Å². The monoisotopic (exact) mass is 621 g/mol. The Hall–Kier alpha value is -3.37. The van der Waals surface area contributed by atoms with E-state index in [0.717, 1.165) is 63.0 Å². The van der Waals surface area contributed by atoms with Gasteiger partial charge in [0.05, 0.1) is 10.6 Å². The van der Waals surface area contributed by atoms with Gasteiger partial charge in [0.1, 0.15) is 29.8 Å². The van der Waals surface area contributed by atoms with Crippen molar-refractivity contribution in [2.45, 2.75) is 76.4 Å². The number of carbonyl (C=O) groups is 2. The van der Waals surface area contributed by atoms with Crippen molar-refractivity contribution in [3.8, 4) is 5.75 Å². The molecule has 4 heterocycles. The minimum Gasteiger partial charge on any atom is -0.489 e. The van der Waals surface area contributed by atoms with E-state index in [4.69, 9.17) is 16.3 Å². The molecule has 10 nitrogen and oxygen atoms in total. The van der Waals surface area contributed by atoms with E-state index in [2.05, 4.69) is 37.9 Å². The normalized spacial score (nSPS) is 21.5. The molecule has 6 rings (SSSR count). The molecule has 11 heteroatoms. The van der Waals surface area contributed by atoms with Crippen LogP contribution >= 0.6 is 11.6 Å². The predicted molar refractivity (Wildman–Crippen MR) is 173 cm³/mol. The van der Waals surface area contributed by atoms with Crippen molar-refractivity contribution >= 4 is 46.8 Å². The van der Waals surface area contributed by atoms with E-state index in [9.17, 15) is 9.59 Å². The number of likely N-dealkylation sites (N-methyl/N-ethyl adjacent to an activating group) is 1. The molecule has 44 heavy (non-hydrogen) atoms. The van der Waals surface area contributed by atoms with Crippen LogP contribution in [0.15, 0.2) is 30.1 Å². The summed E-state index contributed by atoms with van der Waals surface area (Å²) in [5, 5.41) is 10.4. The van der Waals surface area contributed by atoms with Gasteiger partial charge in [0, 0.05) is 62.2 Å². The van der Waals surface area contributed by atoms with E-state index in [1.54, 1.807) is 0 Å². The Morgan fingerprint density at radius 1 is 1.05 bits per heavy atom. The number of hydrogen-bond donors (Lipinski definition) is 3. The maximum Gasteiger partial charge on any atom is 0.247 e. The SMILES string of the molecule is CN1CCCCC1CNC(=O)C1=Cc2c(ncnc2Nc2ccc(OC3CCN(C(=O)C4CCCC4)CC3)c(Cl)c2)NCC1. The Balaban J connectivity index is 1.08. The quantitative estimate of drug-likeness (QED) is 0.367. The fraction of sp³-hybridized carbons (Fsp3) is 0.576. The van der Waals surface area contributed by atoms with Crippen LogP contribution in [0.2, 0.25) is 5.02 Å². The molecule has 1 atom stereocenters. The second-order valence-electron chi connectivity index (χ2n) is 12.6. The van der Waals surface area contributed by atoms with Crippen LogP contribution in [0.4, 0.5) is 17.3 Å². The zero-order valence-corrected chi connectivity index (χ0v) is 26.4. The molecule has 0 bridgehead atoms. The van der Waals surface area contributed by atoms with E-state index < -0.39 is 0 Å². The number of anilines is 3. The molecular formula is C33H44ClN7O3. The number of ether oxygens (including phenoxy) is 1. The topological polar surface area (TPSA) is 112 Å². The molecule has 3 aliphatic heterocycles. The molecule has 2 amide bonds. The minimum atomic E-state index is -0.0493. The molecule has 3 N–H and O–H groups in total. The Labute approximate surface area is 265 Å². The number of benzene rings is 1. The molecule has 0 spiro atoms. The second-order valence-corrected chi connectivity index (χ2v) is 13.0. The molecule has 4 aliphatic rings. The summed E-state index contributed by atoms with van der Waals surface area (Å²) in [6.07, 6.45) is 13.5. The third-order valence-corrected chi connectivity index (χ3v) is 9.84. The van der Waals surface area contributed by atoms with Gasteiger partial charge in [-0.15, -0.1) is 0 Å². The van der Waals surface area contributed by atoms with Crippen molar-refractivity contribution in [2.75, 3.05) is 50.4 Å². The van der Waals surface area contributed by atoms with E-state index >= 15 is 0 Å². The fourth-order valence-corrected chi connectivity index (χ4v) is 7.08. The number of carbonyl (C=O) groups excluding carboxylic acids is 2. The van der Waals surface area contributed by atoms with E-state index in [-0.39, 0.29) is 17.9 Å². The number of rotatable bonds is 8. The summed E-state index contributed by atoms with van der Waals surface area (Å²) in [5.41, 5.74) is 2.19. The van der Waals surface area contributed by atoms with E-state index in [1.165, 1.54) is 32.0 Å². The number of nitrogens with one attached hydrogen (secondary N) is 3. The highest BCUT2D eigenvalue weighted by Gasteiger charge is 2.31. The zero-order valence-electron chi connectivity index (χ0n) is 25.6.